The smallest absolute Gasteiger partial charge is 0.131 e. The molecule has 3 aromatic heterocycles. The summed E-state index contributed by atoms with van der Waals surface area (Å²) in [5, 5.41) is 17.6. The van der Waals surface area contributed by atoms with Crippen LogP contribution in [0.2, 0.25) is 5.02 Å². The van der Waals surface area contributed by atoms with Crippen LogP contribution in [-0.2, 0) is 6.54 Å². The van der Waals surface area contributed by atoms with E-state index < -0.39 is 0 Å². The lowest BCUT2D eigenvalue weighted by molar-refractivity contribution is 0.628. The van der Waals surface area contributed by atoms with Gasteiger partial charge in [-0.3, -0.25) is 4.68 Å². The zero-order valence-electron chi connectivity index (χ0n) is 12.3. The molecule has 6 nitrogen and oxygen atoms in total. The Morgan fingerprint density at radius 1 is 1.39 bits per heavy atom. The van der Waals surface area contributed by atoms with Gasteiger partial charge in [-0.15, -0.1) is 0 Å². The molecule has 0 bridgehead atoms. The second kappa shape index (κ2) is 6.77. The van der Waals surface area contributed by atoms with Gasteiger partial charge in [0.1, 0.15) is 10.8 Å². The van der Waals surface area contributed by atoms with Gasteiger partial charge < -0.3 is 5.32 Å². The lowest BCUT2D eigenvalue weighted by atomic mass is 10.1. The molecule has 0 amide bonds. The fraction of sp³-hybridized carbons (Fsp3) is 0.200. The second-order valence-electron chi connectivity index (χ2n) is 4.91. The third-order valence-electron chi connectivity index (χ3n) is 3.13. The minimum absolute atomic E-state index is 0.419. The number of nitriles is 1. The van der Waals surface area contributed by atoms with Crippen molar-refractivity contribution in [2.75, 3.05) is 5.32 Å². The molecule has 1 N–H and O–H groups in total. The first-order chi connectivity index (χ1) is 11.2. The topological polar surface area (TPSA) is 79.4 Å². The highest BCUT2D eigenvalue weighted by Gasteiger charge is 2.09. The highest BCUT2D eigenvalue weighted by atomic mass is 35.5. The summed E-state index contributed by atoms with van der Waals surface area (Å²) in [5.41, 5.74) is 2.69. The van der Waals surface area contributed by atoms with Crippen LogP contribution in [0.25, 0.3) is 11.1 Å². The fourth-order valence-electron chi connectivity index (χ4n) is 2.07. The molecule has 3 rings (SSSR count). The largest absolute Gasteiger partial charge is 0.331 e. The number of hydrogen-bond donors (Lipinski definition) is 1. The molecule has 3 heterocycles. The minimum Gasteiger partial charge on any atom is -0.331 e. The van der Waals surface area contributed by atoms with Crippen LogP contribution in [0.15, 0.2) is 30.7 Å². The molecular formula is C15H13ClN6S. The van der Waals surface area contributed by atoms with Crippen LogP contribution in [0.3, 0.4) is 0 Å². The van der Waals surface area contributed by atoms with E-state index in [2.05, 4.69) is 25.8 Å². The third-order valence-corrected chi connectivity index (χ3v) is 4.23. The average Bonchev–Trinajstić information content (AvgIpc) is 3.16. The van der Waals surface area contributed by atoms with Gasteiger partial charge in [0.2, 0.25) is 0 Å². The van der Waals surface area contributed by atoms with Crippen LogP contribution in [0.4, 0.5) is 10.8 Å². The first-order valence-corrected chi connectivity index (χ1v) is 8.06. The molecule has 0 spiro atoms. The van der Waals surface area contributed by atoms with E-state index in [0.29, 0.717) is 23.8 Å². The number of nitrogens with zero attached hydrogens (tertiary/aromatic N) is 5. The lowest BCUT2D eigenvalue weighted by Gasteiger charge is -2.06. The van der Waals surface area contributed by atoms with Crippen LogP contribution >= 0.6 is 23.1 Å². The first kappa shape index (κ1) is 15.5. The second-order valence-corrected chi connectivity index (χ2v) is 6.12. The molecule has 0 aliphatic heterocycles. The highest BCUT2D eigenvalue weighted by Crippen LogP contribution is 2.30. The molecule has 0 aromatic carbocycles. The molecule has 0 fully saturated rings. The van der Waals surface area contributed by atoms with Crippen LogP contribution in [0.1, 0.15) is 12.1 Å². The maximum Gasteiger partial charge on any atom is 0.131 e. The SMILES string of the molecule is Cc1cc(Nc2cc(-c3cnn(CCC#N)c3)c(Cl)cn2)sn1. The van der Waals surface area contributed by atoms with E-state index in [9.17, 15) is 0 Å². The molecule has 8 heteroatoms. The van der Waals surface area contributed by atoms with E-state index in [1.807, 2.05) is 25.3 Å². The summed E-state index contributed by atoms with van der Waals surface area (Å²) in [6.07, 6.45) is 5.64. The van der Waals surface area contributed by atoms with Crippen molar-refractivity contribution in [2.45, 2.75) is 19.9 Å². The molecule has 3 aromatic rings. The van der Waals surface area contributed by atoms with Crippen molar-refractivity contribution in [3.05, 3.63) is 41.4 Å². The maximum atomic E-state index is 8.64. The van der Waals surface area contributed by atoms with Crippen molar-refractivity contribution in [1.82, 2.24) is 19.1 Å². The molecule has 0 aliphatic rings. The highest BCUT2D eigenvalue weighted by molar-refractivity contribution is 7.10. The molecule has 0 saturated carbocycles. The predicted octanol–water partition coefficient (Wildman–Crippen LogP) is 4.02. The summed E-state index contributed by atoms with van der Waals surface area (Å²) in [6.45, 7) is 2.50. The Morgan fingerprint density at radius 2 is 2.26 bits per heavy atom. The van der Waals surface area contributed by atoms with Crippen molar-refractivity contribution in [1.29, 1.82) is 5.26 Å². The van der Waals surface area contributed by atoms with Gasteiger partial charge in [0.05, 0.1) is 35.9 Å². The molecule has 23 heavy (non-hydrogen) atoms. The van der Waals surface area contributed by atoms with E-state index in [0.717, 1.165) is 21.8 Å². The number of aromatic nitrogens is 4. The average molecular weight is 345 g/mol. The van der Waals surface area contributed by atoms with Gasteiger partial charge in [0.15, 0.2) is 0 Å². The fourth-order valence-corrected chi connectivity index (χ4v) is 2.95. The monoisotopic (exact) mass is 344 g/mol. The van der Waals surface area contributed by atoms with E-state index in [1.165, 1.54) is 11.5 Å². The van der Waals surface area contributed by atoms with Crippen molar-refractivity contribution < 1.29 is 0 Å². The zero-order valence-corrected chi connectivity index (χ0v) is 13.9. The lowest BCUT2D eigenvalue weighted by Crippen LogP contribution is -1.96. The molecule has 0 atom stereocenters. The van der Waals surface area contributed by atoms with Gasteiger partial charge in [0.25, 0.3) is 0 Å². The molecule has 0 unspecified atom stereocenters. The van der Waals surface area contributed by atoms with E-state index in [4.69, 9.17) is 16.9 Å². The van der Waals surface area contributed by atoms with Crippen LogP contribution in [0.5, 0.6) is 0 Å². The summed E-state index contributed by atoms with van der Waals surface area (Å²) in [7, 11) is 0. The first-order valence-electron chi connectivity index (χ1n) is 6.91. The number of anilines is 2. The van der Waals surface area contributed by atoms with Crippen molar-refractivity contribution in [3.8, 4) is 17.2 Å². The Morgan fingerprint density at radius 3 is 3.00 bits per heavy atom. The van der Waals surface area contributed by atoms with E-state index in [1.54, 1.807) is 17.1 Å². The van der Waals surface area contributed by atoms with Crippen LogP contribution in [-0.4, -0.2) is 19.1 Å². The minimum atomic E-state index is 0.419. The number of rotatable bonds is 5. The molecular weight excluding hydrogens is 332 g/mol. The Hall–Kier alpha value is -2.43. The maximum absolute atomic E-state index is 8.64. The standard InChI is InChI=1S/C15H13ClN6S/c1-10-5-15(23-21-10)20-14-6-12(13(16)8-18-14)11-7-19-22(9-11)4-2-3-17/h5-9H,2,4H2,1H3,(H,18,20). The number of aryl methyl sites for hydroxylation is 2. The van der Waals surface area contributed by atoms with Crippen LogP contribution < -0.4 is 5.32 Å². The van der Waals surface area contributed by atoms with Crippen molar-refractivity contribution in [2.24, 2.45) is 0 Å². The Balaban J connectivity index is 1.85. The molecule has 0 radical (unpaired) electrons. The van der Waals surface area contributed by atoms with Crippen LogP contribution in [0, 0.1) is 18.3 Å². The van der Waals surface area contributed by atoms with Gasteiger partial charge in [-0.1, -0.05) is 11.6 Å². The van der Waals surface area contributed by atoms with E-state index in [-0.39, 0.29) is 0 Å². The van der Waals surface area contributed by atoms with Gasteiger partial charge in [-0.25, -0.2) is 4.98 Å². The van der Waals surface area contributed by atoms with Gasteiger partial charge in [0, 0.05) is 23.5 Å². The summed E-state index contributed by atoms with van der Waals surface area (Å²) >= 11 is 7.64. The molecule has 0 saturated heterocycles. The Bertz CT molecular complexity index is 863. The normalized spacial score (nSPS) is 10.5. The predicted molar refractivity (Wildman–Crippen MR) is 90.8 cm³/mol. The summed E-state index contributed by atoms with van der Waals surface area (Å²) < 4.78 is 5.96. The van der Waals surface area contributed by atoms with Gasteiger partial charge in [-0.2, -0.15) is 14.7 Å². The van der Waals surface area contributed by atoms with Gasteiger partial charge >= 0.3 is 0 Å². The van der Waals surface area contributed by atoms with Crippen molar-refractivity contribution >= 4 is 34.0 Å². The molecule has 116 valence electrons. The quantitative estimate of drug-likeness (QED) is 0.756. The third kappa shape index (κ3) is 3.67. The summed E-state index contributed by atoms with van der Waals surface area (Å²) in [4.78, 5) is 4.29. The number of nitrogens with one attached hydrogen (secondary N) is 1. The Kier molecular flexibility index (Phi) is 4.55. The summed E-state index contributed by atoms with van der Waals surface area (Å²) in [5.74, 6) is 0.692. The van der Waals surface area contributed by atoms with Gasteiger partial charge in [-0.05, 0) is 30.6 Å². The number of hydrogen-bond acceptors (Lipinski definition) is 6. The summed E-state index contributed by atoms with van der Waals surface area (Å²) in [6, 6.07) is 5.94. The van der Waals surface area contributed by atoms with Crippen molar-refractivity contribution in [3.63, 3.8) is 0 Å². The zero-order chi connectivity index (χ0) is 16.2. The number of halogens is 1. The number of pyridine rings is 1. The molecule has 0 aliphatic carbocycles. The Labute approximate surface area is 142 Å². The van der Waals surface area contributed by atoms with E-state index >= 15 is 0 Å².